The summed E-state index contributed by atoms with van der Waals surface area (Å²) in [6, 6.07) is 0. The van der Waals surface area contributed by atoms with Crippen LogP contribution >= 0.6 is 11.8 Å². The summed E-state index contributed by atoms with van der Waals surface area (Å²) >= 11 is 1.44. The monoisotopic (exact) mass is 278 g/mol. The molecule has 102 valence electrons. The van der Waals surface area contributed by atoms with Crippen molar-refractivity contribution < 1.29 is 4.42 Å². The van der Waals surface area contributed by atoms with Gasteiger partial charge in [-0.05, 0) is 24.6 Å². The van der Waals surface area contributed by atoms with Crippen molar-refractivity contribution in [2.24, 2.45) is 0 Å². The molecule has 0 bridgehead atoms. The van der Waals surface area contributed by atoms with Crippen molar-refractivity contribution in [3.8, 4) is 0 Å². The molecule has 2 aromatic rings. The predicted molar refractivity (Wildman–Crippen MR) is 75.4 cm³/mol. The van der Waals surface area contributed by atoms with Crippen molar-refractivity contribution in [3.63, 3.8) is 0 Å². The second-order valence-corrected chi connectivity index (χ2v) is 5.02. The average Bonchev–Trinajstić information content (AvgIpc) is 2.92. The van der Waals surface area contributed by atoms with E-state index in [0.717, 1.165) is 42.2 Å². The largest absolute Gasteiger partial charge is 0.440 e. The Kier molecular flexibility index (Phi) is 5.20. The first-order valence-electron chi connectivity index (χ1n) is 6.50. The van der Waals surface area contributed by atoms with Gasteiger partial charge >= 0.3 is 0 Å². The van der Waals surface area contributed by atoms with Crippen LogP contribution in [-0.2, 0) is 6.42 Å². The Labute approximate surface area is 117 Å². The summed E-state index contributed by atoms with van der Waals surface area (Å²) in [5, 5.41) is 4.88. The van der Waals surface area contributed by atoms with Gasteiger partial charge in [-0.2, -0.15) is 0 Å². The van der Waals surface area contributed by atoms with E-state index in [2.05, 4.69) is 34.1 Å². The van der Waals surface area contributed by atoms with Gasteiger partial charge in [-0.1, -0.05) is 20.3 Å². The molecular formula is C13H18N4OS. The summed E-state index contributed by atoms with van der Waals surface area (Å²) in [6.45, 7) is 5.20. The molecule has 0 fully saturated rings. The van der Waals surface area contributed by atoms with Gasteiger partial charge in [0.05, 0.1) is 6.20 Å². The van der Waals surface area contributed by atoms with E-state index in [1.54, 1.807) is 18.8 Å². The van der Waals surface area contributed by atoms with Crippen LogP contribution < -0.4 is 5.32 Å². The van der Waals surface area contributed by atoms with Gasteiger partial charge in [0.1, 0.15) is 23.4 Å². The van der Waals surface area contributed by atoms with E-state index in [1.165, 1.54) is 11.8 Å². The lowest BCUT2D eigenvalue weighted by Crippen LogP contribution is -2.07. The fraction of sp³-hybridized carbons (Fsp3) is 0.462. The van der Waals surface area contributed by atoms with Crippen molar-refractivity contribution in [1.29, 1.82) is 0 Å². The van der Waals surface area contributed by atoms with Crippen molar-refractivity contribution in [3.05, 3.63) is 24.4 Å². The summed E-state index contributed by atoms with van der Waals surface area (Å²) in [6.07, 6.45) is 7.85. The van der Waals surface area contributed by atoms with Gasteiger partial charge in [0.25, 0.3) is 5.22 Å². The minimum atomic E-state index is 0.609. The Bertz CT molecular complexity index is 501. The van der Waals surface area contributed by atoms with Crippen LogP contribution in [0.2, 0.25) is 0 Å². The van der Waals surface area contributed by atoms with Crippen molar-refractivity contribution in [2.45, 2.75) is 43.4 Å². The molecule has 0 aliphatic heterocycles. The van der Waals surface area contributed by atoms with E-state index in [4.69, 9.17) is 4.42 Å². The molecule has 0 saturated carbocycles. The van der Waals surface area contributed by atoms with E-state index in [1.807, 2.05) is 0 Å². The van der Waals surface area contributed by atoms with Crippen LogP contribution in [0.4, 0.5) is 5.82 Å². The van der Waals surface area contributed by atoms with Crippen LogP contribution in [0.1, 0.15) is 32.3 Å². The number of rotatable bonds is 7. The van der Waals surface area contributed by atoms with Crippen LogP contribution in [0.5, 0.6) is 0 Å². The predicted octanol–water partition coefficient (Wildman–Crippen LogP) is 3.39. The number of hydrogen-bond donors (Lipinski definition) is 1. The molecule has 5 nitrogen and oxygen atoms in total. The summed E-state index contributed by atoms with van der Waals surface area (Å²) in [5.41, 5.74) is 1.14. The highest BCUT2D eigenvalue weighted by molar-refractivity contribution is 7.99. The number of anilines is 1. The molecule has 0 aromatic carbocycles. The molecule has 2 heterocycles. The van der Waals surface area contributed by atoms with Crippen LogP contribution in [0.25, 0.3) is 0 Å². The zero-order chi connectivity index (χ0) is 13.5. The molecule has 2 aromatic heterocycles. The minimum Gasteiger partial charge on any atom is -0.440 e. The summed E-state index contributed by atoms with van der Waals surface area (Å²) < 4.78 is 5.26. The standard InChI is InChI=1S/C13H18N4OS/c1-3-5-10-11(14-6-4-2)16-9-17-12(10)19-13-15-7-8-18-13/h7-9H,3-6H2,1-2H3,(H,14,16,17). The van der Waals surface area contributed by atoms with Gasteiger partial charge in [-0.15, -0.1) is 0 Å². The molecule has 0 unspecified atom stereocenters. The second-order valence-electron chi connectivity index (χ2n) is 4.08. The van der Waals surface area contributed by atoms with Gasteiger partial charge in [-0.25, -0.2) is 15.0 Å². The molecule has 0 atom stereocenters. The topological polar surface area (TPSA) is 63.8 Å². The van der Waals surface area contributed by atoms with Crippen molar-refractivity contribution in [2.75, 3.05) is 11.9 Å². The lowest BCUT2D eigenvalue weighted by Gasteiger charge is -2.12. The fourth-order valence-corrected chi connectivity index (χ4v) is 2.50. The Morgan fingerprint density at radius 3 is 2.79 bits per heavy atom. The average molecular weight is 278 g/mol. The summed E-state index contributed by atoms with van der Waals surface area (Å²) in [4.78, 5) is 12.8. The Morgan fingerprint density at radius 1 is 1.21 bits per heavy atom. The summed E-state index contributed by atoms with van der Waals surface area (Å²) in [5.74, 6) is 0.924. The van der Waals surface area contributed by atoms with Crippen LogP contribution in [0, 0.1) is 0 Å². The van der Waals surface area contributed by atoms with Crippen LogP contribution in [-0.4, -0.2) is 21.5 Å². The highest BCUT2D eigenvalue weighted by Crippen LogP contribution is 2.30. The van der Waals surface area contributed by atoms with E-state index >= 15 is 0 Å². The first-order valence-corrected chi connectivity index (χ1v) is 7.31. The molecule has 0 aliphatic rings. The third-order valence-corrected chi connectivity index (χ3v) is 3.46. The first-order chi connectivity index (χ1) is 9.35. The molecule has 0 radical (unpaired) electrons. The minimum absolute atomic E-state index is 0.609. The fourth-order valence-electron chi connectivity index (χ4n) is 1.70. The number of hydrogen-bond acceptors (Lipinski definition) is 6. The Balaban J connectivity index is 2.25. The first kappa shape index (κ1) is 13.9. The van der Waals surface area contributed by atoms with Gasteiger partial charge in [0.15, 0.2) is 0 Å². The molecule has 0 saturated heterocycles. The zero-order valence-corrected chi connectivity index (χ0v) is 12.0. The van der Waals surface area contributed by atoms with Crippen LogP contribution in [0.15, 0.2) is 33.5 Å². The van der Waals surface area contributed by atoms with Crippen LogP contribution in [0.3, 0.4) is 0 Å². The number of aromatic nitrogens is 3. The zero-order valence-electron chi connectivity index (χ0n) is 11.2. The Hall–Kier alpha value is -1.56. The van der Waals surface area contributed by atoms with Gasteiger partial charge in [0.2, 0.25) is 0 Å². The maximum absolute atomic E-state index is 5.26. The maximum Gasteiger partial charge on any atom is 0.261 e. The number of nitrogens with one attached hydrogen (secondary N) is 1. The highest BCUT2D eigenvalue weighted by Gasteiger charge is 2.13. The van der Waals surface area contributed by atoms with Gasteiger partial charge < -0.3 is 9.73 Å². The van der Waals surface area contributed by atoms with Crippen molar-refractivity contribution >= 4 is 17.6 Å². The molecule has 1 N–H and O–H groups in total. The highest BCUT2D eigenvalue weighted by atomic mass is 32.2. The van der Waals surface area contributed by atoms with E-state index in [-0.39, 0.29) is 0 Å². The normalized spacial score (nSPS) is 10.6. The third-order valence-electron chi connectivity index (χ3n) is 2.54. The lowest BCUT2D eigenvalue weighted by atomic mass is 10.2. The third kappa shape index (κ3) is 3.70. The molecule has 0 amide bonds. The molecule has 0 aliphatic carbocycles. The van der Waals surface area contributed by atoms with E-state index < -0.39 is 0 Å². The molecular weight excluding hydrogens is 260 g/mol. The molecule has 0 spiro atoms. The van der Waals surface area contributed by atoms with E-state index in [9.17, 15) is 0 Å². The van der Waals surface area contributed by atoms with E-state index in [0.29, 0.717) is 5.22 Å². The Morgan fingerprint density at radius 2 is 2.11 bits per heavy atom. The SMILES string of the molecule is CCCNc1ncnc(Sc2ncco2)c1CCC. The van der Waals surface area contributed by atoms with Gasteiger partial charge in [0, 0.05) is 12.1 Å². The summed E-state index contributed by atoms with van der Waals surface area (Å²) in [7, 11) is 0. The molecule has 2 rings (SSSR count). The smallest absolute Gasteiger partial charge is 0.261 e. The van der Waals surface area contributed by atoms with Crippen molar-refractivity contribution in [1.82, 2.24) is 15.0 Å². The molecule has 6 heteroatoms. The second kappa shape index (κ2) is 7.13. The number of nitrogens with zero attached hydrogens (tertiary/aromatic N) is 3. The lowest BCUT2D eigenvalue weighted by molar-refractivity contribution is 0.454. The molecule has 19 heavy (non-hydrogen) atoms. The maximum atomic E-state index is 5.26. The quantitative estimate of drug-likeness (QED) is 0.783. The number of oxazole rings is 1. The van der Waals surface area contributed by atoms with Gasteiger partial charge in [-0.3, -0.25) is 0 Å².